The fourth-order valence-corrected chi connectivity index (χ4v) is 2.18. The Labute approximate surface area is 106 Å². The molecule has 0 spiro atoms. The van der Waals surface area contributed by atoms with Crippen molar-refractivity contribution in [2.45, 2.75) is 37.9 Å². The van der Waals surface area contributed by atoms with Crippen LogP contribution in [0.2, 0.25) is 0 Å². The van der Waals surface area contributed by atoms with Gasteiger partial charge in [0.15, 0.2) is 0 Å². The molecule has 1 aromatic rings. The highest BCUT2D eigenvalue weighted by Crippen LogP contribution is 2.23. The van der Waals surface area contributed by atoms with Gasteiger partial charge in [0.05, 0.1) is 11.7 Å². The minimum Gasteiger partial charge on any atom is -0.459 e. The largest absolute Gasteiger partial charge is 0.459 e. The van der Waals surface area contributed by atoms with Crippen LogP contribution in [0, 0.1) is 0 Å². The molecule has 1 aromatic carbocycles. The topological polar surface area (TPSA) is 98.6 Å². The van der Waals surface area contributed by atoms with E-state index in [-0.39, 0.29) is 12.2 Å². The van der Waals surface area contributed by atoms with Gasteiger partial charge in [0.25, 0.3) is 0 Å². The van der Waals surface area contributed by atoms with Crippen LogP contribution < -0.4 is 11.5 Å². The van der Waals surface area contributed by atoms with Crippen molar-refractivity contribution in [2.24, 2.45) is 0 Å². The zero-order valence-electron chi connectivity index (χ0n) is 10.1. The second kappa shape index (κ2) is 5.27. The van der Waals surface area contributed by atoms with Crippen LogP contribution in [0.15, 0.2) is 18.2 Å². The number of nitrogens with two attached hydrogens (primary N) is 2. The van der Waals surface area contributed by atoms with E-state index in [2.05, 4.69) is 0 Å². The van der Waals surface area contributed by atoms with Crippen LogP contribution in [-0.4, -0.2) is 23.3 Å². The van der Waals surface area contributed by atoms with Crippen LogP contribution in [0.3, 0.4) is 0 Å². The van der Waals surface area contributed by atoms with Crippen LogP contribution in [0.5, 0.6) is 0 Å². The lowest BCUT2D eigenvalue weighted by Gasteiger charge is -2.25. The summed E-state index contributed by atoms with van der Waals surface area (Å²) in [5.74, 6) is -0.407. The Morgan fingerprint density at radius 3 is 2.22 bits per heavy atom. The quantitative estimate of drug-likeness (QED) is 0.543. The Bertz CT molecular complexity index is 420. The fourth-order valence-electron chi connectivity index (χ4n) is 2.18. The monoisotopic (exact) mass is 250 g/mol. The molecular formula is C13H18N2O3. The summed E-state index contributed by atoms with van der Waals surface area (Å²) >= 11 is 0. The summed E-state index contributed by atoms with van der Waals surface area (Å²) in [6.07, 6.45) is 2.37. The van der Waals surface area contributed by atoms with Gasteiger partial charge < -0.3 is 21.3 Å². The third-order valence-corrected chi connectivity index (χ3v) is 3.13. The first-order valence-electron chi connectivity index (χ1n) is 6.09. The lowest BCUT2D eigenvalue weighted by molar-refractivity contribution is 0.00461. The first kappa shape index (κ1) is 12.7. The fraction of sp³-hybridized carbons (Fsp3) is 0.462. The molecule has 5 nitrogen and oxygen atoms in total. The lowest BCUT2D eigenvalue weighted by Crippen LogP contribution is -2.26. The average molecular weight is 250 g/mol. The molecule has 0 heterocycles. The van der Waals surface area contributed by atoms with E-state index in [9.17, 15) is 9.90 Å². The van der Waals surface area contributed by atoms with E-state index in [1.165, 1.54) is 0 Å². The highest BCUT2D eigenvalue weighted by molar-refractivity contribution is 5.91. The number of anilines is 2. The maximum Gasteiger partial charge on any atom is 0.338 e. The van der Waals surface area contributed by atoms with E-state index in [1.807, 2.05) is 0 Å². The van der Waals surface area contributed by atoms with E-state index in [4.69, 9.17) is 16.2 Å². The normalized spacial score (nSPS) is 23.6. The van der Waals surface area contributed by atoms with Crippen LogP contribution >= 0.6 is 0 Å². The molecule has 5 N–H and O–H groups in total. The highest BCUT2D eigenvalue weighted by Gasteiger charge is 2.23. The molecule has 0 saturated heterocycles. The maximum atomic E-state index is 11.9. The summed E-state index contributed by atoms with van der Waals surface area (Å²) in [5, 5.41) is 9.38. The number of ether oxygens (including phenoxy) is 1. The predicted octanol–water partition coefficient (Wildman–Crippen LogP) is 1.31. The Kier molecular flexibility index (Phi) is 3.72. The van der Waals surface area contributed by atoms with Crippen LogP contribution in [0.4, 0.5) is 11.4 Å². The molecule has 1 fully saturated rings. The SMILES string of the molecule is Nc1cc(N)cc(C(=O)OC2CCC(O)CC2)c1. The molecule has 0 aliphatic heterocycles. The molecule has 0 atom stereocenters. The number of esters is 1. The van der Waals surface area contributed by atoms with Gasteiger partial charge in [-0.3, -0.25) is 0 Å². The third-order valence-electron chi connectivity index (χ3n) is 3.13. The van der Waals surface area contributed by atoms with Gasteiger partial charge in [0.2, 0.25) is 0 Å². The second-order valence-corrected chi connectivity index (χ2v) is 4.72. The van der Waals surface area contributed by atoms with E-state index >= 15 is 0 Å². The zero-order valence-corrected chi connectivity index (χ0v) is 10.1. The first-order valence-corrected chi connectivity index (χ1v) is 6.09. The average Bonchev–Trinajstić information content (AvgIpc) is 2.31. The van der Waals surface area contributed by atoms with E-state index < -0.39 is 5.97 Å². The van der Waals surface area contributed by atoms with Crippen molar-refractivity contribution in [3.8, 4) is 0 Å². The third kappa shape index (κ3) is 3.13. The molecule has 2 rings (SSSR count). The van der Waals surface area contributed by atoms with Crippen molar-refractivity contribution in [2.75, 3.05) is 11.5 Å². The number of carbonyl (C=O) groups excluding carboxylic acids is 1. The van der Waals surface area contributed by atoms with Gasteiger partial charge in [-0.05, 0) is 43.9 Å². The molecule has 98 valence electrons. The predicted molar refractivity (Wildman–Crippen MR) is 68.9 cm³/mol. The number of carbonyl (C=O) groups is 1. The number of hydrogen-bond acceptors (Lipinski definition) is 5. The van der Waals surface area contributed by atoms with Crippen LogP contribution in [0.25, 0.3) is 0 Å². The first-order chi connectivity index (χ1) is 8.54. The molecule has 1 aliphatic rings. The zero-order chi connectivity index (χ0) is 13.1. The van der Waals surface area contributed by atoms with Crippen molar-refractivity contribution < 1.29 is 14.6 Å². The molecule has 1 saturated carbocycles. The van der Waals surface area contributed by atoms with Crippen LogP contribution in [0.1, 0.15) is 36.0 Å². The molecular weight excluding hydrogens is 232 g/mol. The van der Waals surface area contributed by atoms with Crippen molar-refractivity contribution in [1.29, 1.82) is 0 Å². The van der Waals surface area contributed by atoms with Gasteiger partial charge in [-0.15, -0.1) is 0 Å². The van der Waals surface area contributed by atoms with Crippen molar-refractivity contribution in [1.82, 2.24) is 0 Å². The minimum absolute atomic E-state index is 0.122. The van der Waals surface area contributed by atoms with Crippen LogP contribution in [-0.2, 0) is 4.74 Å². The minimum atomic E-state index is -0.407. The van der Waals surface area contributed by atoms with Crippen molar-refractivity contribution >= 4 is 17.3 Å². The summed E-state index contributed by atoms with van der Waals surface area (Å²) in [5.41, 5.74) is 12.5. The molecule has 0 unspecified atom stereocenters. The molecule has 0 bridgehead atoms. The van der Waals surface area contributed by atoms with Gasteiger partial charge in [-0.25, -0.2) is 4.79 Å². The van der Waals surface area contributed by atoms with Crippen molar-refractivity contribution in [3.05, 3.63) is 23.8 Å². The number of aliphatic hydroxyl groups is 1. The number of benzene rings is 1. The summed E-state index contributed by atoms with van der Waals surface area (Å²) < 4.78 is 5.37. The Morgan fingerprint density at radius 2 is 1.67 bits per heavy atom. The molecule has 1 aliphatic carbocycles. The molecule has 0 radical (unpaired) electrons. The number of nitrogen functional groups attached to an aromatic ring is 2. The molecule has 18 heavy (non-hydrogen) atoms. The van der Waals surface area contributed by atoms with Gasteiger partial charge in [0.1, 0.15) is 6.10 Å². The summed E-state index contributed by atoms with van der Waals surface area (Å²) in [6.45, 7) is 0. The Balaban J connectivity index is 1.99. The van der Waals surface area contributed by atoms with E-state index in [1.54, 1.807) is 18.2 Å². The number of hydrogen-bond donors (Lipinski definition) is 3. The summed E-state index contributed by atoms with van der Waals surface area (Å²) in [4.78, 5) is 11.9. The standard InChI is InChI=1S/C13H18N2O3/c14-9-5-8(6-10(15)7-9)13(17)18-12-3-1-11(16)2-4-12/h5-7,11-12,16H,1-4,14-15H2. The van der Waals surface area contributed by atoms with E-state index in [0.29, 0.717) is 42.6 Å². The number of aliphatic hydroxyl groups excluding tert-OH is 1. The Hall–Kier alpha value is -1.75. The smallest absolute Gasteiger partial charge is 0.338 e. The number of rotatable bonds is 2. The molecule has 5 heteroatoms. The second-order valence-electron chi connectivity index (χ2n) is 4.72. The van der Waals surface area contributed by atoms with E-state index in [0.717, 1.165) is 0 Å². The summed E-state index contributed by atoms with van der Waals surface area (Å²) in [7, 11) is 0. The van der Waals surface area contributed by atoms with Gasteiger partial charge in [0, 0.05) is 11.4 Å². The van der Waals surface area contributed by atoms with Gasteiger partial charge in [-0.2, -0.15) is 0 Å². The Morgan fingerprint density at radius 1 is 1.11 bits per heavy atom. The maximum absolute atomic E-state index is 11.9. The van der Waals surface area contributed by atoms with Gasteiger partial charge >= 0.3 is 5.97 Å². The molecule has 0 aromatic heterocycles. The van der Waals surface area contributed by atoms with Crippen molar-refractivity contribution in [3.63, 3.8) is 0 Å². The highest BCUT2D eigenvalue weighted by atomic mass is 16.5. The molecule has 0 amide bonds. The lowest BCUT2D eigenvalue weighted by atomic mass is 9.95. The summed E-state index contributed by atoms with van der Waals surface area (Å²) in [6, 6.07) is 4.69. The van der Waals surface area contributed by atoms with Gasteiger partial charge in [-0.1, -0.05) is 0 Å².